The molecule has 4 aliphatic rings. The second-order valence-corrected chi connectivity index (χ2v) is 15.3. The molecule has 3 unspecified atom stereocenters. The van der Waals surface area contributed by atoms with Crippen LogP contribution in [0.2, 0.25) is 0 Å². The molecule has 2 nitrogen and oxygen atoms in total. The van der Waals surface area contributed by atoms with Gasteiger partial charge in [-0.25, -0.2) is 4.98 Å². The summed E-state index contributed by atoms with van der Waals surface area (Å²) in [5.74, 6) is 6.06. The number of nitrogens with zero attached hydrogens (tertiary/aromatic N) is 2. The molecule has 3 saturated carbocycles. The Morgan fingerprint density at radius 3 is 2.51 bits per heavy atom. The van der Waals surface area contributed by atoms with Gasteiger partial charge >= 0.3 is 0 Å². The minimum Gasteiger partial charge on any atom is -0.254 e. The SMILES string of the molecule is CC(C)CCC[C@@H](C)[C@H]1CCC2C3CC[C@H]4c5nc6c(ccc7cccnc76)cc5CC[C@]4(C)C3CC[C@@]21C. The first-order valence-corrected chi connectivity index (χ1v) is 16.5. The predicted octanol–water partition coefficient (Wildman–Crippen LogP) is 10.1. The molecule has 0 spiro atoms. The van der Waals surface area contributed by atoms with Crippen LogP contribution < -0.4 is 0 Å². The summed E-state index contributed by atoms with van der Waals surface area (Å²) >= 11 is 0. The van der Waals surface area contributed by atoms with Gasteiger partial charge in [0.15, 0.2) is 0 Å². The first-order chi connectivity index (χ1) is 18.8. The van der Waals surface area contributed by atoms with E-state index in [1.54, 1.807) is 0 Å². The van der Waals surface area contributed by atoms with Crippen LogP contribution >= 0.6 is 0 Å². The van der Waals surface area contributed by atoms with E-state index < -0.39 is 0 Å². The van der Waals surface area contributed by atoms with Gasteiger partial charge in [-0.05, 0) is 115 Å². The maximum absolute atomic E-state index is 5.50. The van der Waals surface area contributed by atoms with Gasteiger partial charge in [0.25, 0.3) is 0 Å². The molecule has 0 amide bonds. The number of aromatic nitrogens is 2. The van der Waals surface area contributed by atoms with E-state index >= 15 is 0 Å². The van der Waals surface area contributed by atoms with Crippen molar-refractivity contribution in [2.45, 2.75) is 111 Å². The zero-order valence-corrected chi connectivity index (χ0v) is 25.2. The zero-order valence-electron chi connectivity index (χ0n) is 25.2. The second-order valence-electron chi connectivity index (χ2n) is 15.3. The Kier molecular flexibility index (Phi) is 6.37. The van der Waals surface area contributed by atoms with Gasteiger partial charge < -0.3 is 0 Å². The van der Waals surface area contributed by atoms with Crippen molar-refractivity contribution < 1.29 is 0 Å². The summed E-state index contributed by atoms with van der Waals surface area (Å²) in [6.45, 7) is 12.8. The Morgan fingerprint density at radius 1 is 0.846 bits per heavy atom. The largest absolute Gasteiger partial charge is 0.254 e. The summed E-state index contributed by atoms with van der Waals surface area (Å²) < 4.78 is 0. The molecule has 4 aliphatic carbocycles. The summed E-state index contributed by atoms with van der Waals surface area (Å²) in [6, 6.07) is 11.2. The smallest absolute Gasteiger partial charge is 0.0968 e. The number of aryl methyl sites for hydroxylation is 1. The number of pyridine rings is 2. The zero-order chi connectivity index (χ0) is 26.9. The summed E-state index contributed by atoms with van der Waals surface area (Å²) in [4.78, 5) is 10.3. The van der Waals surface area contributed by atoms with Gasteiger partial charge in [0, 0.05) is 28.6 Å². The third kappa shape index (κ3) is 4.01. The van der Waals surface area contributed by atoms with Gasteiger partial charge in [-0.1, -0.05) is 72.1 Å². The highest BCUT2D eigenvalue weighted by Gasteiger charge is 2.60. The summed E-state index contributed by atoms with van der Waals surface area (Å²) in [7, 11) is 0. The van der Waals surface area contributed by atoms with Crippen molar-refractivity contribution in [2.75, 3.05) is 0 Å². The van der Waals surface area contributed by atoms with Crippen LogP contribution in [0, 0.1) is 46.3 Å². The Labute approximate surface area is 236 Å². The van der Waals surface area contributed by atoms with E-state index in [0.717, 1.165) is 46.5 Å². The number of rotatable bonds is 5. The lowest BCUT2D eigenvalue weighted by atomic mass is 9.44. The van der Waals surface area contributed by atoms with E-state index in [0.29, 0.717) is 16.7 Å². The molecule has 2 aromatic heterocycles. The van der Waals surface area contributed by atoms with E-state index in [1.165, 1.54) is 92.7 Å². The minimum atomic E-state index is 0.400. The van der Waals surface area contributed by atoms with Gasteiger partial charge in [0.2, 0.25) is 0 Å². The highest BCUT2D eigenvalue weighted by molar-refractivity contribution is 6.02. The monoisotopic (exact) mass is 522 g/mol. The first kappa shape index (κ1) is 26.0. The van der Waals surface area contributed by atoms with E-state index in [1.807, 2.05) is 12.3 Å². The third-order valence-electron chi connectivity index (χ3n) is 13.0. The van der Waals surface area contributed by atoms with Crippen LogP contribution in [-0.4, -0.2) is 9.97 Å². The fourth-order valence-corrected chi connectivity index (χ4v) is 11.0. The number of hydrogen-bond acceptors (Lipinski definition) is 2. The van der Waals surface area contributed by atoms with Crippen LogP contribution in [-0.2, 0) is 6.42 Å². The van der Waals surface area contributed by atoms with Crippen molar-refractivity contribution in [3.05, 3.63) is 47.8 Å². The summed E-state index contributed by atoms with van der Waals surface area (Å²) in [5.41, 5.74) is 6.13. The second kappa shape index (κ2) is 9.56. The highest BCUT2D eigenvalue weighted by atomic mass is 14.8. The number of fused-ring (bicyclic) bond motifs is 10. The number of hydrogen-bond donors (Lipinski definition) is 0. The predicted molar refractivity (Wildman–Crippen MR) is 164 cm³/mol. The van der Waals surface area contributed by atoms with Crippen LogP contribution in [0.25, 0.3) is 21.8 Å². The molecular weight excluding hydrogens is 472 g/mol. The molecule has 0 saturated heterocycles. The van der Waals surface area contributed by atoms with Gasteiger partial charge in [0.05, 0.1) is 11.0 Å². The molecule has 3 fully saturated rings. The van der Waals surface area contributed by atoms with Crippen molar-refractivity contribution in [3.63, 3.8) is 0 Å². The molecule has 2 heteroatoms. The molecule has 1 aromatic carbocycles. The third-order valence-corrected chi connectivity index (χ3v) is 13.0. The van der Waals surface area contributed by atoms with Gasteiger partial charge in [-0.2, -0.15) is 0 Å². The molecule has 3 aromatic rings. The van der Waals surface area contributed by atoms with Crippen molar-refractivity contribution in [1.29, 1.82) is 0 Å². The summed E-state index contributed by atoms with van der Waals surface area (Å²) in [6.07, 6.45) is 17.4. The van der Waals surface area contributed by atoms with Crippen LogP contribution in [0.3, 0.4) is 0 Å². The minimum absolute atomic E-state index is 0.400. The molecule has 39 heavy (non-hydrogen) atoms. The van der Waals surface area contributed by atoms with Crippen molar-refractivity contribution >= 4 is 21.8 Å². The maximum atomic E-state index is 5.50. The Morgan fingerprint density at radius 2 is 1.67 bits per heavy atom. The van der Waals surface area contributed by atoms with Crippen LogP contribution in [0.15, 0.2) is 36.5 Å². The Balaban J connectivity index is 1.17. The standard InChI is InChI=1S/C37H50N2/c1-23(2)8-6-9-24(3)29-15-16-30-28-13-14-32-33-27(17-19-37(32,5)31(28)18-20-36(29,30)4)22-26-12-11-25-10-7-21-38-34(25)35(26)39-33/h7,10-12,21-24,28-32H,6,8-9,13-20H2,1-5H3/t24-,28?,29-,30?,31?,32+,36-,37-/m1/s1. The molecule has 0 bridgehead atoms. The quantitative estimate of drug-likeness (QED) is 0.311. The molecular formula is C37H50N2. The van der Waals surface area contributed by atoms with E-state index in [9.17, 15) is 0 Å². The van der Waals surface area contributed by atoms with E-state index in [4.69, 9.17) is 9.97 Å². The topological polar surface area (TPSA) is 25.8 Å². The lowest BCUT2D eigenvalue weighted by molar-refractivity contribution is -0.0903. The van der Waals surface area contributed by atoms with Crippen molar-refractivity contribution in [2.24, 2.45) is 46.3 Å². The number of benzene rings is 1. The van der Waals surface area contributed by atoms with E-state index in [2.05, 4.69) is 58.9 Å². The molecule has 0 N–H and O–H groups in total. The fourth-order valence-electron chi connectivity index (χ4n) is 11.0. The van der Waals surface area contributed by atoms with Gasteiger partial charge in [-0.3, -0.25) is 4.98 Å². The fraction of sp³-hybridized carbons (Fsp3) is 0.676. The van der Waals surface area contributed by atoms with Crippen LogP contribution in [0.5, 0.6) is 0 Å². The molecule has 0 radical (unpaired) electrons. The molecule has 2 heterocycles. The average Bonchev–Trinajstić information content (AvgIpc) is 3.29. The molecule has 0 aliphatic heterocycles. The van der Waals surface area contributed by atoms with E-state index in [-0.39, 0.29) is 0 Å². The lowest BCUT2D eigenvalue weighted by Gasteiger charge is -2.60. The first-order valence-electron chi connectivity index (χ1n) is 16.5. The van der Waals surface area contributed by atoms with Crippen LogP contribution in [0.1, 0.15) is 116 Å². The molecule has 208 valence electrons. The molecule has 7 rings (SSSR count). The average molecular weight is 523 g/mol. The Bertz CT molecular complexity index is 1370. The van der Waals surface area contributed by atoms with Gasteiger partial charge in [0.1, 0.15) is 0 Å². The van der Waals surface area contributed by atoms with Gasteiger partial charge in [-0.15, -0.1) is 0 Å². The van der Waals surface area contributed by atoms with Crippen molar-refractivity contribution in [1.82, 2.24) is 9.97 Å². The van der Waals surface area contributed by atoms with Crippen molar-refractivity contribution in [3.8, 4) is 0 Å². The molecule has 8 atom stereocenters. The van der Waals surface area contributed by atoms with Crippen LogP contribution in [0.4, 0.5) is 0 Å². The normalized spacial score (nSPS) is 36.4. The Hall–Kier alpha value is -1.96. The highest BCUT2D eigenvalue weighted by Crippen LogP contribution is 2.69. The summed E-state index contributed by atoms with van der Waals surface area (Å²) in [5, 5.41) is 2.48. The lowest BCUT2D eigenvalue weighted by Crippen LogP contribution is -2.52. The maximum Gasteiger partial charge on any atom is 0.0968 e.